The van der Waals surface area contributed by atoms with Gasteiger partial charge in [0.25, 0.3) is 0 Å². The number of carbonyl (C=O) groups is 2. The number of carboxylic acids is 1. The second kappa shape index (κ2) is 9.08. The zero-order chi connectivity index (χ0) is 15.9. The van der Waals surface area contributed by atoms with Gasteiger partial charge in [-0.1, -0.05) is 48.5 Å². The largest absolute Gasteiger partial charge is 0.481 e. The molecule has 0 bridgehead atoms. The highest BCUT2D eigenvalue weighted by Crippen LogP contribution is 2.21. The second-order valence-corrected chi connectivity index (χ2v) is 5.13. The van der Waals surface area contributed by atoms with E-state index in [2.05, 4.69) is 0 Å². The molecule has 2 rings (SSSR count). The Morgan fingerprint density at radius 2 is 1.39 bits per heavy atom. The predicted octanol–water partition coefficient (Wildman–Crippen LogP) is 3.32. The van der Waals surface area contributed by atoms with Gasteiger partial charge in [-0.05, 0) is 29.7 Å². The Balaban J connectivity index is 0.00000264. The minimum Gasteiger partial charge on any atom is -0.481 e. The van der Waals surface area contributed by atoms with Crippen molar-refractivity contribution in [1.29, 1.82) is 0 Å². The van der Waals surface area contributed by atoms with Crippen LogP contribution in [0.25, 0.3) is 11.1 Å². The van der Waals surface area contributed by atoms with Gasteiger partial charge < -0.3 is 10.8 Å². The van der Waals surface area contributed by atoms with Crippen LogP contribution in [-0.4, -0.2) is 23.4 Å². The van der Waals surface area contributed by atoms with Gasteiger partial charge in [0.05, 0.1) is 6.42 Å². The number of rotatable bonds is 7. The van der Waals surface area contributed by atoms with Crippen molar-refractivity contribution < 1.29 is 14.7 Å². The van der Waals surface area contributed by atoms with Gasteiger partial charge in [-0.25, -0.2) is 0 Å². The molecule has 2 aromatic carbocycles. The van der Waals surface area contributed by atoms with Crippen LogP contribution in [0, 0.1) is 0 Å². The van der Waals surface area contributed by atoms with Gasteiger partial charge >= 0.3 is 5.97 Å². The van der Waals surface area contributed by atoms with Gasteiger partial charge in [-0.15, -0.1) is 12.4 Å². The molecule has 0 fully saturated rings. The first-order chi connectivity index (χ1) is 10.6. The predicted molar refractivity (Wildman–Crippen MR) is 93.1 cm³/mol. The summed E-state index contributed by atoms with van der Waals surface area (Å²) in [5.74, 6) is -1.10. The lowest BCUT2D eigenvalue weighted by Crippen LogP contribution is -2.03. The van der Waals surface area contributed by atoms with E-state index < -0.39 is 5.97 Å². The van der Waals surface area contributed by atoms with Crippen molar-refractivity contribution in [3.63, 3.8) is 0 Å². The molecule has 0 aromatic heterocycles. The summed E-state index contributed by atoms with van der Waals surface area (Å²) in [6, 6.07) is 15.4. The fraction of sp³-hybridized carbons (Fsp3) is 0.222. The van der Waals surface area contributed by atoms with E-state index in [1.807, 2.05) is 36.4 Å². The summed E-state index contributed by atoms with van der Waals surface area (Å²) < 4.78 is 0. The Morgan fingerprint density at radius 1 is 0.870 bits per heavy atom. The monoisotopic (exact) mass is 333 g/mol. The molecule has 0 atom stereocenters. The summed E-state index contributed by atoms with van der Waals surface area (Å²) in [5, 5.41) is 8.60. The van der Waals surface area contributed by atoms with Crippen molar-refractivity contribution in [2.75, 3.05) is 6.54 Å². The normalized spacial score (nSPS) is 9.96. The number of benzene rings is 2. The Hall–Kier alpha value is -2.17. The van der Waals surface area contributed by atoms with E-state index in [0.29, 0.717) is 12.1 Å². The summed E-state index contributed by atoms with van der Waals surface area (Å²) in [6.07, 6.45) is 0.753. The summed E-state index contributed by atoms with van der Waals surface area (Å²) in [5.41, 5.74) is 9.37. The van der Waals surface area contributed by atoms with Crippen molar-refractivity contribution in [1.82, 2.24) is 0 Å². The number of hydrogen-bond acceptors (Lipinski definition) is 3. The molecule has 0 amide bonds. The smallest absolute Gasteiger partial charge is 0.303 e. The minimum atomic E-state index is -0.956. The first-order valence-corrected chi connectivity index (χ1v) is 7.24. The topological polar surface area (TPSA) is 80.4 Å². The molecule has 0 heterocycles. The fourth-order valence-corrected chi connectivity index (χ4v) is 2.24. The quantitative estimate of drug-likeness (QED) is 0.762. The maximum Gasteiger partial charge on any atom is 0.303 e. The highest BCUT2D eigenvalue weighted by atomic mass is 35.5. The van der Waals surface area contributed by atoms with E-state index in [1.54, 1.807) is 12.1 Å². The summed E-state index contributed by atoms with van der Waals surface area (Å²) in [6.45, 7) is 0.631. The molecule has 0 radical (unpaired) electrons. The van der Waals surface area contributed by atoms with Crippen molar-refractivity contribution in [3.05, 3.63) is 59.7 Å². The number of nitrogens with two attached hydrogens (primary N) is 1. The van der Waals surface area contributed by atoms with E-state index >= 15 is 0 Å². The first kappa shape index (κ1) is 18.9. The number of ketones is 1. The van der Waals surface area contributed by atoms with Crippen LogP contribution in [-0.2, 0) is 11.2 Å². The molecule has 0 saturated heterocycles. The van der Waals surface area contributed by atoms with Crippen LogP contribution in [0.2, 0.25) is 0 Å². The molecule has 23 heavy (non-hydrogen) atoms. The standard InChI is InChI=1S/C18H19NO3.ClH/c19-12-11-13-1-3-14(4-2-13)15-5-7-16(8-6-15)17(20)9-10-18(21)22;/h1-8H,9-12,19H2,(H,21,22);1H. The number of Topliss-reactive ketones (excluding diaryl/α,β-unsaturated/α-hetero) is 1. The van der Waals surface area contributed by atoms with Gasteiger partial charge in [-0.2, -0.15) is 0 Å². The lowest BCUT2D eigenvalue weighted by molar-refractivity contribution is -0.136. The number of aliphatic carboxylic acids is 1. The Morgan fingerprint density at radius 3 is 1.87 bits per heavy atom. The average molecular weight is 334 g/mol. The molecule has 4 nitrogen and oxygen atoms in total. The SMILES string of the molecule is Cl.NCCc1ccc(-c2ccc(C(=O)CCC(=O)O)cc2)cc1. The summed E-state index contributed by atoms with van der Waals surface area (Å²) in [7, 11) is 0. The zero-order valence-corrected chi connectivity index (χ0v) is 13.5. The highest BCUT2D eigenvalue weighted by Gasteiger charge is 2.08. The van der Waals surface area contributed by atoms with Gasteiger partial charge in [-0.3, -0.25) is 9.59 Å². The van der Waals surface area contributed by atoms with Crippen molar-refractivity contribution in [2.45, 2.75) is 19.3 Å². The van der Waals surface area contributed by atoms with Crippen LogP contribution in [0.5, 0.6) is 0 Å². The lowest BCUT2D eigenvalue weighted by Gasteiger charge is -2.05. The Bertz CT molecular complexity index is 651. The third-order valence-electron chi connectivity index (χ3n) is 3.49. The van der Waals surface area contributed by atoms with E-state index in [-0.39, 0.29) is 31.0 Å². The maximum atomic E-state index is 11.8. The Kier molecular flexibility index (Phi) is 7.45. The molecule has 2 aromatic rings. The third-order valence-corrected chi connectivity index (χ3v) is 3.49. The van der Waals surface area contributed by atoms with E-state index in [1.165, 1.54) is 5.56 Å². The van der Waals surface area contributed by atoms with Gasteiger partial charge in [0.2, 0.25) is 0 Å². The minimum absolute atomic E-state index is 0. The van der Waals surface area contributed by atoms with Crippen molar-refractivity contribution in [3.8, 4) is 11.1 Å². The molecule has 0 aliphatic rings. The van der Waals surface area contributed by atoms with Crippen LogP contribution >= 0.6 is 12.4 Å². The van der Waals surface area contributed by atoms with Gasteiger partial charge in [0.15, 0.2) is 5.78 Å². The van der Waals surface area contributed by atoms with Crippen LogP contribution in [0.1, 0.15) is 28.8 Å². The van der Waals surface area contributed by atoms with Crippen LogP contribution in [0.3, 0.4) is 0 Å². The number of carbonyl (C=O) groups excluding carboxylic acids is 1. The van der Waals surface area contributed by atoms with Crippen LogP contribution in [0.15, 0.2) is 48.5 Å². The molecule has 0 spiro atoms. The zero-order valence-electron chi connectivity index (χ0n) is 12.7. The van der Waals surface area contributed by atoms with Gasteiger partial charge in [0.1, 0.15) is 0 Å². The molecule has 122 valence electrons. The highest BCUT2D eigenvalue weighted by molar-refractivity contribution is 5.97. The van der Waals surface area contributed by atoms with Crippen LogP contribution in [0.4, 0.5) is 0 Å². The molecule has 3 N–H and O–H groups in total. The number of halogens is 1. The van der Waals surface area contributed by atoms with Gasteiger partial charge in [0, 0.05) is 12.0 Å². The lowest BCUT2D eigenvalue weighted by atomic mass is 9.99. The second-order valence-electron chi connectivity index (χ2n) is 5.13. The molecule has 0 saturated carbocycles. The molecular weight excluding hydrogens is 314 g/mol. The fourth-order valence-electron chi connectivity index (χ4n) is 2.24. The molecule has 0 aliphatic heterocycles. The van der Waals surface area contributed by atoms with E-state index in [9.17, 15) is 9.59 Å². The molecule has 5 heteroatoms. The number of hydrogen-bond donors (Lipinski definition) is 2. The third kappa shape index (κ3) is 5.51. The van der Waals surface area contributed by atoms with E-state index in [0.717, 1.165) is 17.5 Å². The summed E-state index contributed by atoms with van der Waals surface area (Å²) in [4.78, 5) is 22.3. The van der Waals surface area contributed by atoms with Crippen molar-refractivity contribution >= 4 is 24.2 Å². The average Bonchev–Trinajstić information content (AvgIpc) is 2.54. The Labute approximate surface area is 141 Å². The first-order valence-electron chi connectivity index (χ1n) is 7.24. The van der Waals surface area contributed by atoms with Crippen LogP contribution < -0.4 is 5.73 Å². The summed E-state index contributed by atoms with van der Waals surface area (Å²) >= 11 is 0. The molecule has 0 aliphatic carbocycles. The number of carboxylic acid groups (broad SMARTS) is 1. The maximum absolute atomic E-state index is 11.8. The molecule has 0 unspecified atom stereocenters. The van der Waals surface area contributed by atoms with Crippen molar-refractivity contribution in [2.24, 2.45) is 5.73 Å². The molecular formula is C18H20ClNO3. The van der Waals surface area contributed by atoms with E-state index in [4.69, 9.17) is 10.8 Å².